The summed E-state index contributed by atoms with van der Waals surface area (Å²) in [5, 5.41) is 2.38. The van der Waals surface area contributed by atoms with E-state index in [0.29, 0.717) is 10.6 Å². The van der Waals surface area contributed by atoms with Crippen LogP contribution in [0.4, 0.5) is 10.5 Å². The van der Waals surface area contributed by atoms with Crippen molar-refractivity contribution >= 4 is 52.3 Å². The second-order valence-corrected chi connectivity index (χ2v) is 10.2. The van der Waals surface area contributed by atoms with Gasteiger partial charge in [-0.05, 0) is 79.6 Å². The normalized spacial score (nSPS) is 14.7. The third-order valence-electron chi connectivity index (χ3n) is 5.36. The van der Waals surface area contributed by atoms with E-state index in [-0.39, 0.29) is 6.54 Å². The average molecular weight is 489 g/mol. The molecule has 1 aliphatic rings. The molecule has 1 aliphatic heterocycles. The van der Waals surface area contributed by atoms with Gasteiger partial charge in [0.15, 0.2) is 0 Å². The fraction of sp³-hybridized carbons (Fsp3) is 0.148. The van der Waals surface area contributed by atoms with Crippen molar-refractivity contribution in [2.45, 2.75) is 30.6 Å². The second-order valence-electron chi connectivity index (χ2n) is 8.07. The zero-order valence-corrected chi connectivity index (χ0v) is 20.8. The molecule has 7 heteroatoms. The summed E-state index contributed by atoms with van der Waals surface area (Å²) in [6.07, 6.45) is 1.69. The Balaban J connectivity index is 1.41. The zero-order chi connectivity index (χ0) is 24.2. The first-order valence-corrected chi connectivity index (χ1v) is 12.4. The van der Waals surface area contributed by atoms with Gasteiger partial charge in [0.05, 0.1) is 4.91 Å². The van der Waals surface area contributed by atoms with Crippen LogP contribution in [0, 0.1) is 20.8 Å². The Morgan fingerprint density at radius 3 is 2.12 bits per heavy atom. The number of aryl methyl sites for hydroxylation is 3. The molecule has 0 aliphatic carbocycles. The number of carbonyl (C=O) groups excluding carboxylic acids is 3. The van der Waals surface area contributed by atoms with Gasteiger partial charge in [0.25, 0.3) is 11.1 Å². The van der Waals surface area contributed by atoms with Gasteiger partial charge in [-0.2, -0.15) is 0 Å². The van der Waals surface area contributed by atoms with E-state index in [2.05, 4.69) is 36.5 Å². The summed E-state index contributed by atoms with van der Waals surface area (Å²) in [7, 11) is 0. The molecule has 172 valence electrons. The third-order valence-corrected chi connectivity index (χ3v) is 7.28. The molecule has 1 heterocycles. The summed E-state index contributed by atoms with van der Waals surface area (Å²) in [4.78, 5) is 41.3. The van der Waals surface area contributed by atoms with Crippen LogP contribution in [-0.4, -0.2) is 28.5 Å². The molecule has 34 heavy (non-hydrogen) atoms. The predicted octanol–water partition coefficient (Wildman–Crippen LogP) is 6.44. The van der Waals surface area contributed by atoms with Crippen molar-refractivity contribution in [3.05, 3.63) is 93.9 Å². The van der Waals surface area contributed by atoms with E-state index in [4.69, 9.17) is 0 Å². The molecule has 3 aromatic rings. The number of nitrogens with one attached hydrogen (secondary N) is 1. The summed E-state index contributed by atoms with van der Waals surface area (Å²) in [5.74, 6) is -0.858. The van der Waals surface area contributed by atoms with Crippen molar-refractivity contribution in [1.82, 2.24) is 4.90 Å². The maximum absolute atomic E-state index is 12.8. The number of amides is 3. The molecule has 0 spiro atoms. The van der Waals surface area contributed by atoms with Gasteiger partial charge in [-0.15, -0.1) is 0 Å². The molecule has 0 radical (unpaired) electrons. The first kappa shape index (κ1) is 23.9. The zero-order valence-electron chi connectivity index (χ0n) is 19.1. The fourth-order valence-corrected chi connectivity index (χ4v) is 5.15. The standard InChI is InChI=1S/C27H24N2O3S2/c1-17-7-11-21(12-8-17)33-22-13-9-20(10-14-22)15-23-26(31)29(27(32)34-23)16-24(30)28-25-18(2)5-4-6-19(25)3/h4-15H,16H2,1-3H3,(H,28,30)/b23-15-. The molecular formula is C27H24N2O3S2. The van der Waals surface area contributed by atoms with Crippen molar-refractivity contribution < 1.29 is 14.4 Å². The van der Waals surface area contributed by atoms with Crippen LogP contribution in [0.3, 0.4) is 0 Å². The fourth-order valence-electron chi connectivity index (χ4n) is 3.50. The van der Waals surface area contributed by atoms with Crippen LogP contribution in [0.25, 0.3) is 6.08 Å². The van der Waals surface area contributed by atoms with Crippen LogP contribution in [0.15, 0.2) is 81.4 Å². The number of nitrogens with zero attached hydrogens (tertiary/aromatic N) is 1. The molecule has 0 unspecified atom stereocenters. The van der Waals surface area contributed by atoms with Crippen molar-refractivity contribution in [2.75, 3.05) is 11.9 Å². The lowest BCUT2D eigenvalue weighted by atomic mass is 10.1. The maximum atomic E-state index is 12.8. The van der Waals surface area contributed by atoms with Crippen LogP contribution in [-0.2, 0) is 9.59 Å². The minimum atomic E-state index is -0.454. The molecule has 0 aromatic heterocycles. The Labute approximate surface area is 207 Å². The summed E-state index contributed by atoms with van der Waals surface area (Å²) < 4.78 is 0. The van der Waals surface area contributed by atoms with Gasteiger partial charge in [0, 0.05) is 15.5 Å². The Morgan fingerprint density at radius 2 is 1.50 bits per heavy atom. The van der Waals surface area contributed by atoms with E-state index in [1.165, 1.54) is 5.56 Å². The molecule has 0 bridgehead atoms. The SMILES string of the molecule is Cc1ccc(Sc2ccc(/C=C3\SC(=O)N(CC(=O)Nc4c(C)cccc4C)C3=O)cc2)cc1. The maximum Gasteiger partial charge on any atom is 0.294 e. The molecule has 5 nitrogen and oxygen atoms in total. The van der Waals surface area contributed by atoms with E-state index >= 15 is 0 Å². The molecule has 1 saturated heterocycles. The quantitative estimate of drug-likeness (QED) is 0.405. The van der Waals surface area contributed by atoms with Crippen molar-refractivity contribution in [1.29, 1.82) is 0 Å². The largest absolute Gasteiger partial charge is 0.324 e. The number of imide groups is 1. The lowest BCUT2D eigenvalue weighted by Crippen LogP contribution is -2.36. The number of para-hydroxylation sites is 1. The van der Waals surface area contributed by atoms with Gasteiger partial charge in [-0.1, -0.05) is 59.8 Å². The highest BCUT2D eigenvalue weighted by molar-refractivity contribution is 8.18. The average Bonchev–Trinajstić information content (AvgIpc) is 3.06. The summed E-state index contributed by atoms with van der Waals surface area (Å²) in [6, 6.07) is 21.8. The van der Waals surface area contributed by atoms with Crippen LogP contribution < -0.4 is 5.32 Å². The van der Waals surface area contributed by atoms with Crippen LogP contribution in [0.2, 0.25) is 0 Å². The number of thioether (sulfide) groups is 1. The molecule has 1 N–H and O–H groups in total. The highest BCUT2D eigenvalue weighted by Gasteiger charge is 2.36. The first-order valence-electron chi connectivity index (χ1n) is 10.8. The summed E-state index contributed by atoms with van der Waals surface area (Å²) >= 11 is 2.51. The van der Waals surface area contributed by atoms with E-state index < -0.39 is 17.1 Å². The van der Waals surface area contributed by atoms with E-state index in [9.17, 15) is 14.4 Å². The topological polar surface area (TPSA) is 66.5 Å². The molecule has 1 fully saturated rings. The summed E-state index contributed by atoms with van der Waals surface area (Å²) in [6.45, 7) is 5.54. The number of carbonyl (C=O) groups is 3. The van der Waals surface area contributed by atoms with Gasteiger partial charge >= 0.3 is 0 Å². The number of benzene rings is 3. The molecule has 4 rings (SSSR count). The first-order chi connectivity index (χ1) is 16.3. The van der Waals surface area contributed by atoms with Gasteiger partial charge in [0.1, 0.15) is 6.54 Å². The predicted molar refractivity (Wildman–Crippen MR) is 139 cm³/mol. The Kier molecular flexibility index (Phi) is 7.24. The number of rotatable bonds is 6. The number of hydrogen-bond donors (Lipinski definition) is 1. The van der Waals surface area contributed by atoms with Crippen molar-refractivity contribution in [3.8, 4) is 0 Å². The molecular weight excluding hydrogens is 464 g/mol. The van der Waals surface area contributed by atoms with Gasteiger partial charge in [-0.25, -0.2) is 0 Å². The smallest absolute Gasteiger partial charge is 0.294 e. The van der Waals surface area contributed by atoms with E-state index in [1.54, 1.807) is 17.8 Å². The van der Waals surface area contributed by atoms with Crippen LogP contribution in [0.5, 0.6) is 0 Å². The van der Waals surface area contributed by atoms with Gasteiger partial charge in [-0.3, -0.25) is 19.3 Å². The highest BCUT2D eigenvalue weighted by Crippen LogP contribution is 2.33. The minimum Gasteiger partial charge on any atom is -0.324 e. The summed E-state index contributed by atoms with van der Waals surface area (Å²) in [5.41, 5.74) is 4.59. The Morgan fingerprint density at radius 1 is 0.912 bits per heavy atom. The van der Waals surface area contributed by atoms with Crippen molar-refractivity contribution in [3.63, 3.8) is 0 Å². The highest BCUT2D eigenvalue weighted by atomic mass is 32.2. The van der Waals surface area contributed by atoms with Gasteiger partial charge < -0.3 is 5.32 Å². The monoisotopic (exact) mass is 488 g/mol. The third kappa shape index (κ3) is 5.61. The van der Waals surface area contributed by atoms with Crippen molar-refractivity contribution in [2.24, 2.45) is 0 Å². The lowest BCUT2D eigenvalue weighted by Gasteiger charge is -2.15. The molecule has 3 aromatic carbocycles. The lowest BCUT2D eigenvalue weighted by molar-refractivity contribution is -0.127. The van der Waals surface area contributed by atoms with E-state index in [1.807, 2.05) is 56.3 Å². The Hall–Kier alpha value is -3.29. The van der Waals surface area contributed by atoms with Crippen LogP contribution >= 0.6 is 23.5 Å². The Bertz CT molecular complexity index is 1260. The molecule has 0 atom stereocenters. The molecule has 0 saturated carbocycles. The second kappa shape index (κ2) is 10.3. The number of hydrogen-bond acceptors (Lipinski definition) is 5. The molecule has 3 amide bonds. The van der Waals surface area contributed by atoms with Crippen LogP contribution in [0.1, 0.15) is 22.3 Å². The number of anilines is 1. The minimum absolute atomic E-state index is 0.309. The van der Waals surface area contributed by atoms with E-state index in [0.717, 1.165) is 43.1 Å². The van der Waals surface area contributed by atoms with Gasteiger partial charge in [0.2, 0.25) is 5.91 Å².